The SMILES string of the molecule is Cc1cccc(CSc2nnc(-c3cccc(F)c3)n2N)c1. The molecule has 0 saturated carbocycles. The maximum Gasteiger partial charge on any atom is 0.210 e. The van der Waals surface area contributed by atoms with Crippen LogP contribution in [0.3, 0.4) is 0 Å². The molecule has 0 aliphatic heterocycles. The number of nitrogens with two attached hydrogens (primary N) is 1. The monoisotopic (exact) mass is 314 g/mol. The normalized spacial score (nSPS) is 10.8. The van der Waals surface area contributed by atoms with E-state index in [1.165, 1.54) is 39.7 Å². The number of aromatic nitrogens is 3. The van der Waals surface area contributed by atoms with Crippen molar-refractivity contribution in [2.24, 2.45) is 0 Å². The molecule has 0 spiro atoms. The Morgan fingerprint density at radius 2 is 1.95 bits per heavy atom. The number of hydrogen-bond acceptors (Lipinski definition) is 4. The molecular formula is C16H15FN4S. The summed E-state index contributed by atoms with van der Waals surface area (Å²) in [5.74, 6) is 6.90. The van der Waals surface area contributed by atoms with E-state index in [1.54, 1.807) is 12.1 Å². The summed E-state index contributed by atoms with van der Waals surface area (Å²) in [4.78, 5) is 0. The lowest BCUT2D eigenvalue weighted by molar-refractivity contribution is 0.628. The minimum Gasteiger partial charge on any atom is -0.335 e. The Hall–Kier alpha value is -2.34. The first kappa shape index (κ1) is 14.6. The van der Waals surface area contributed by atoms with Gasteiger partial charge in [-0.25, -0.2) is 9.07 Å². The fourth-order valence-corrected chi connectivity index (χ4v) is 2.95. The van der Waals surface area contributed by atoms with Crippen LogP contribution in [0.2, 0.25) is 0 Å². The van der Waals surface area contributed by atoms with Gasteiger partial charge in [-0.1, -0.05) is 53.7 Å². The molecule has 0 saturated heterocycles. The minimum atomic E-state index is -0.325. The van der Waals surface area contributed by atoms with Gasteiger partial charge < -0.3 is 5.84 Å². The third-order valence-corrected chi connectivity index (χ3v) is 4.21. The molecule has 0 bridgehead atoms. The Morgan fingerprint density at radius 3 is 2.73 bits per heavy atom. The van der Waals surface area contributed by atoms with E-state index in [2.05, 4.69) is 35.3 Å². The van der Waals surface area contributed by atoms with Crippen LogP contribution in [0.15, 0.2) is 53.7 Å². The first-order valence-electron chi connectivity index (χ1n) is 6.78. The molecule has 1 heterocycles. The molecule has 6 heteroatoms. The second-order valence-electron chi connectivity index (χ2n) is 4.96. The number of nitrogen functional groups attached to an aromatic ring is 1. The molecule has 0 aliphatic rings. The summed E-state index contributed by atoms with van der Waals surface area (Å²) in [6, 6.07) is 14.4. The van der Waals surface area contributed by atoms with E-state index < -0.39 is 0 Å². The maximum absolute atomic E-state index is 13.3. The van der Waals surface area contributed by atoms with Crippen molar-refractivity contribution in [1.82, 2.24) is 14.9 Å². The van der Waals surface area contributed by atoms with Crippen LogP contribution in [0.5, 0.6) is 0 Å². The van der Waals surface area contributed by atoms with Crippen LogP contribution in [0.4, 0.5) is 4.39 Å². The van der Waals surface area contributed by atoms with Crippen molar-refractivity contribution in [1.29, 1.82) is 0 Å². The molecule has 1 aromatic heterocycles. The quantitative estimate of drug-likeness (QED) is 0.592. The number of halogens is 1. The Bertz CT molecular complexity index is 800. The molecule has 0 unspecified atom stereocenters. The molecule has 112 valence electrons. The van der Waals surface area contributed by atoms with Crippen LogP contribution in [0.25, 0.3) is 11.4 Å². The zero-order valence-corrected chi connectivity index (χ0v) is 12.8. The van der Waals surface area contributed by atoms with Gasteiger partial charge in [0.2, 0.25) is 5.16 Å². The van der Waals surface area contributed by atoms with E-state index in [4.69, 9.17) is 5.84 Å². The van der Waals surface area contributed by atoms with Crippen molar-refractivity contribution in [3.8, 4) is 11.4 Å². The Kier molecular flexibility index (Phi) is 4.11. The lowest BCUT2D eigenvalue weighted by atomic mass is 10.2. The minimum absolute atomic E-state index is 0.325. The third-order valence-electron chi connectivity index (χ3n) is 3.20. The molecule has 4 nitrogen and oxygen atoms in total. The molecule has 0 atom stereocenters. The molecule has 0 amide bonds. The molecule has 3 rings (SSSR count). The summed E-state index contributed by atoms with van der Waals surface area (Å²) < 4.78 is 14.7. The third kappa shape index (κ3) is 3.12. The Balaban J connectivity index is 1.79. The smallest absolute Gasteiger partial charge is 0.210 e. The van der Waals surface area contributed by atoms with Crippen LogP contribution in [0.1, 0.15) is 11.1 Å². The summed E-state index contributed by atoms with van der Waals surface area (Å²) >= 11 is 1.50. The van der Waals surface area contributed by atoms with E-state index in [1.807, 2.05) is 6.07 Å². The largest absolute Gasteiger partial charge is 0.335 e. The topological polar surface area (TPSA) is 56.7 Å². The Morgan fingerprint density at radius 1 is 1.14 bits per heavy atom. The molecular weight excluding hydrogens is 299 g/mol. The highest BCUT2D eigenvalue weighted by atomic mass is 32.2. The summed E-state index contributed by atoms with van der Waals surface area (Å²) in [6.45, 7) is 2.06. The summed E-state index contributed by atoms with van der Waals surface area (Å²) in [7, 11) is 0. The molecule has 2 aromatic carbocycles. The van der Waals surface area contributed by atoms with Crippen molar-refractivity contribution in [2.45, 2.75) is 17.8 Å². The molecule has 0 fully saturated rings. The Labute approximate surface area is 132 Å². The van der Waals surface area contributed by atoms with Gasteiger partial charge in [0.15, 0.2) is 5.82 Å². The lowest BCUT2D eigenvalue weighted by Crippen LogP contribution is -2.11. The van der Waals surface area contributed by atoms with Gasteiger partial charge in [-0.15, -0.1) is 10.2 Å². The van der Waals surface area contributed by atoms with E-state index in [-0.39, 0.29) is 5.82 Å². The van der Waals surface area contributed by atoms with Gasteiger partial charge in [-0.05, 0) is 24.6 Å². The van der Waals surface area contributed by atoms with Gasteiger partial charge in [-0.3, -0.25) is 0 Å². The number of nitrogens with zero attached hydrogens (tertiary/aromatic N) is 3. The van der Waals surface area contributed by atoms with E-state index in [9.17, 15) is 4.39 Å². The zero-order chi connectivity index (χ0) is 15.5. The second-order valence-corrected chi connectivity index (χ2v) is 5.91. The van der Waals surface area contributed by atoms with E-state index in [0.717, 1.165) is 5.75 Å². The van der Waals surface area contributed by atoms with Gasteiger partial charge in [0.1, 0.15) is 5.82 Å². The van der Waals surface area contributed by atoms with Crippen molar-refractivity contribution in [3.05, 3.63) is 65.5 Å². The number of benzene rings is 2. The average molecular weight is 314 g/mol. The molecule has 0 aliphatic carbocycles. The molecule has 22 heavy (non-hydrogen) atoms. The van der Waals surface area contributed by atoms with Crippen LogP contribution in [-0.2, 0) is 5.75 Å². The van der Waals surface area contributed by atoms with Gasteiger partial charge in [0.25, 0.3) is 0 Å². The van der Waals surface area contributed by atoms with Crippen LogP contribution < -0.4 is 5.84 Å². The average Bonchev–Trinajstić information content (AvgIpc) is 2.86. The molecule has 3 aromatic rings. The van der Waals surface area contributed by atoms with Crippen molar-refractivity contribution in [2.75, 3.05) is 5.84 Å². The van der Waals surface area contributed by atoms with Crippen molar-refractivity contribution < 1.29 is 4.39 Å². The highest BCUT2D eigenvalue weighted by molar-refractivity contribution is 7.98. The number of aryl methyl sites for hydroxylation is 1. The second kappa shape index (κ2) is 6.19. The fourth-order valence-electron chi connectivity index (χ4n) is 2.15. The summed E-state index contributed by atoms with van der Waals surface area (Å²) in [5, 5.41) is 8.74. The van der Waals surface area contributed by atoms with Crippen LogP contribution in [0, 0.1) is 12.7 Å². The van der Waals surface area contributed by atoms with Gasteiger partial charge in [-0.2, -0.15) is 0 Å². The van der Waals surface area contributed by atoms with E-state index in [0.29, 0.717) is 16.5 Å². The molecule has 0 radical (unpaired) electrons. The first-order chi connectivity index (χ1) is 10.6. The standard InChI is InChI=1S/C16H15FN4S/c1-11-4-2-5-12(8-11)10-22-16-20-19-15(21(16)18)13-6-3-7-14(17)9-13/h2-9H,10,18H2,1H3. The van der Waals surface area contributed by atoms with Gasteiger partial charge in [0, 0.05) is 11.3 Å². The van der Waals surface area contributed by atoms with Gasteiger partial charge in [0.05, 0.1) is 0 Å². The summed E-state index contributed by atoms with van der Waals surface area (Å²) in [6.07, 6.45) is 0. The van der Waals surface area contributed by atoms with Gasteiger partial charge >= 0.3 is 0 Å². The van der Waals surface area contributed by atoms with Crippen LogP contribution in [-0.4, -0.2) is 14.9 Å². The molecule has 2 N–H and O–H groups in total. The van der Waals surface area contributed by atoms with Crippen LogP contribution >= 0.6 is 11.8 Å². The maximum atomic E-state index is 13.3. The lowest BCUT2D eigenvalue weighted by Gasteiger charge is -2.04. The number of rotatable bonds is 4. The van der Waals surface area contributed by atoms with E-state index >= 15 is 0 Å². The zero-order valence-electron chi connectivity index (χ0n) is 12.0. The van der Waals surface area contributed by atoms with Crippen molar-refractivity contribution in [3.63, 3.8) is 0 Å². The number of hydrogen-bond donors (Lipinski definition) is 1. The summed E-state index contributed by atoms with van der Waals surface area (Å²) in [5.41, 5.74) is 3.02. The fraction of sp³-hybridized carbons (Fsp3) is 0.125. The predicted octanol–water partition coefficient (Wildman–Crippen LogP) is 3.40. The number of thioether (sulfide) groups is 1. The highest BCUT2D eigenvalue weighted by Gasteiger charge is 2.12. The highest BCUT2D eigenvalue weighted by Crippen LogP contribution is 2.24. The predicted molar refractivity (Wildman–Crippen MR) is 86.3 cm³/mol. The van der Waals surface area contributed by atoms with Crippen molar-refractivity contribution >= 4 is 11.8 Å². The first-order valence-corrected chi connectivity index (χ1v) is 7.77.